The maximum Gasteiger partial charge on any atom is 0.222 e. The highest BCUT2D eigenvalue weighted by atomic mass is 35.5. The summed E-state index contributed by atoms with van der Waals surface area (Å²) in [6.45, 7) is 7.75. The maximum absolute atomic E-state index is 12.9. The van der Waals surface area contributed by atoms with Gasteiger partial charge in [-0.15, -0.1) is 0 Å². The zero-order valence-electron chi connectivity index (χ0n) is 22.4. The van der Waals surface area contributed by atoms with Crippen molar-refractivity contribution < 1.29 is 24.0 Å². The Kier molecular flexibility index (Phi) is 7.06. The second-order valence-corrected chi connectivity index (χ2v) is 12.2. The fourth-order valence-electron chi connectivity index (χ4n) is 7.28. The zero-order valence-corrected chi connectivity index (χ0v) is 23.1. The number of hydrogen-bond donors (Lipinski definition) is 2. The predicted octanol–water partition coefficient (Wildman–Crippen LogP) is 5.45. The number of aromatic nitrogens is 1. The number of benzene rings is 1. The van der Waals surface area contributed by atoms with Crippen LogP contribution in [0.15, 0.2) is 30.5 Å². The first kappa shape index (κ1) is 26.3. The van der Waals surface area contributed by atoms with Crippen LogP contribution in [0.1, 0.15) is 59.3 Å². The van der Waals surface area contributed by atoms with Crippen molar-refractivity contribution in [2.45, 2.75) is 83.1 Å². The molecule has 1 spiro atoms. The van der Waals surface area contributed by atoms with E-state index in [2.05, 4.69) is 29.5 Å². The van der Waals surface area contributed by atoms with Crippen molar-refractivity contribution in [3.8, 4) is 0 Å². The zero-order chi connectivity index (χ0) is 26.5. The maximum atomic E-state index is 12.9. The van der Waals surface area contributed by atoms with E-state index in [9.17, 15) is 4.79 Å². The van der Waals surface area contributed by atoms with E-state index < -0.39 is 17.7 Å². The molecule has 0 unspecified atom stereocenters. The second kappa shape index (κ2) is 10.2. The molecule has 7 rings (SSSR count). The summed E-state index contributed by atoms with van der Waals surface area (Å²) < 4.78 is 13.0. The Morgan fingerprint density at radius 3 is 2.87 bits per heavy atom. The minimum Gasteiger partial charge on any atom is -0.384 e. The summed E-state index contributed by atoms with van der Waals surface area (Å²) in [5.74, 6) is 0.451. The molecule has 1 aliphatic carbocycles. The average Bonchev–Trinajstić information content (AvgIpc) is 3.12. The summed E-state index contributed by atoms with van der Waals surface area (Å²) in [4.78, 5) is 29.4. The van der Waals surface area contributed by atoms with Crippen molar-refractivity contribution in [1.29, 1.82) is 0 Å². The van der Waals surface area contributed by atoms with Crippen LogP contribution in [-0.2, 0) is 24.0 Å². The normalized spacial score (nSPS) is 37.9. The largest absolute Gasteiger partial charge is 0.384 e. The number of anilines is 1. The molecule has 1 saturated carbocycles. The van der Waals surface area contributed by atoms with Crippen molar-refractivity contribution in [1.82, 2.24) is 10.3 Å². The first-order valence-corrected chi connectivity index (χ1v) is 14.4. The summed E-state index contributed by atoms with van der Waals surface area (Å²) in [7, 11) is 0. The molecule has 38 heavy (non-hydrogen) atoms. The van der Waals surface area contributed by atoms with Gasteiger partial charge in [-0.1, -0.05) is 25.4 Å². The Labute approximate surface area is 229 Å². The van der Waals surface area contributed by atoms with Gasteiger partial charge in [0.05, 0.1) is 18.0 Å². The van der Waals surface area contributed by atoms with E-state index in [1.165, 1.54) is 0 Å². The van der Waals surface area contributed by atoms with E-state index in [0.29, 0.717) is 29.8 Å². The number of halogens is 1. The van der Waals surface area contributed by atoms with Crippen LogP contribution in [0.4, 0.5) is 5.69 Å². The van der Waals surface area contributed by atoms with Crippen molar-refractivity contribution in [2.24, 2.45) is 23.7 Å². The predicted molar refractivity (Wildman–Crippen MR) is 144 cm³/mol. The SMILES string of the molecule is C[C@H]1[C@@H](CC(=O)NCCCNc2ccnc3cc(Cl)ccc23)O[C@@H]2O[C@@]3(C)CC[C@H]4[C@H](C)CC[C@@H]1[C@@]24OO3. The molecular weight excluding hydrogens is 506 g/mol. The number of carbonyl (C=O) groups excluding carboxylic acids is 1. The molecule has 1 aromatic heterocycles. The molecule has 8 atom stereocenters. The molecule has 2 N–H and O–H groups in total. The van der Waals surface area contributed by atoms with Crippen LogP contribution in [0.25, 0.3) is 10.9 Å². The summed E-state index contributed by atoms with van der Waals surface area (Å²) in [5, 5.41) is 8.23. The Morgan fingerprint density at radius 2 is 2.00 bits per heavy atom. The molecule has 0 radical (unpaired) electrons. The lowest BCUT2D eigenvalue weighted by Gasteiger charge is -2.60. The van der Waals surface area contributed by atoms with E-state index in [1.807, 2.05) is 31.2 Å². The highest BCUT2D eigenvalue weighted by molar-refractivity contribution is 6.31. The number of pyridine rings is 1. The average molecular weight is 544 g/mol. The molecule has 5 heterocycles. The lowest BCUT2D eigenvalue weighted by Crippen LogP contribution is -2.70. The third-order valence-corrected chi connectivity index (χ3v) is 9.61. The Morgan fingerprint density at radius 1 is 1.13 bits per heavy atom. The van der Waals surface area contributed by atoms with Gasteiger partial charge in [0.1, 0.15) is 0 Å². The van der Waals surface area contributed by atoms with Gasteiger partial charge in [-0.2, -0.15) is 0 Å². The molecular formula is C29H38ClN3O5. The van der Waals surface area contributed by atoms with Gasteiger partial charge in [0.25, 0.3) is 0 Å². The van der Waals surface area contributed by atoms with E-state index in [1.54, 1.807) is 6.20 Å². The Bertz CT molecular complexity index is 1200. The van der Waals surface area contributed by atoms with E-state index >= 15 is 0 Å². The fourth-order valence-corrected chi connectivity index (χ4v) is 7.45. The number of hydrogen-bond acceptors (Lipinski definition) is 7. The quantitative estimate of drug-likeness (QED) is 0.354. The fraction of sp³-hybridized carbons (Fsp3) is 0.655. The molecule has 2 bridgehead atoms. The lowest BCUT2D eigenvalue weighted by molar-refractivity contribution is -0.570. The molecule has 5 fully saturated rings. The smallest absolute Gasteiger partial charge is 0.222 e. The van der Waals surface area contributed by atoms with Crippen molar-refractivity contribution in [2.75, 3.05) is 18.4 Å². The summed E-state index contributed by atoms with van der Waals surface area (Å²) in [6, 6.07) is 7.65. The number of nitrogens with zero attached hydrogens (tertiary/aromatic N) is 1. The van der Waals surface area contributed by atoms with Crippen molar-refractivity contribution in [3.05, 3.63) is 35.5 Å². The molecule has 1 aromatic carbocycles. The molecule has 2 aromatic rings. The van der Waals surface area contributed by atoms with Crippen LogP contribution in [0.2, 0.25) is 5.02 Å². The first-order chi connectivity index (χ1) is 18.3. The highest BCUT2D eigenvalue weighted by Gasteiger charge is 2.69. The van der Waals surface area contributed by atoms with Crippen LogP contribution in [-0.4, -0.2) is 47.8 Å². The lowest BCUT2D eigenvalue weighted by atomic mass is 9.57. The third-order valence-electron chi connectivity index (χ3n) is 9.38. The number of amides is 1. The number of fused-ring (bicyclic) bond motifs is 3. The molecule has 9 heteroatoms. The van der Waals surface area contributed by atoms with E-state index in [4.69, 9.17) is 30.8 Å². The van der Waals surface area contributed by atoms with Crippen LogP contribution in [0.5, 0.6) is 0 Å². The van der Waals surface area contributed by atoms with Gasteiger partial charge in [-0.3, -0.25) is 9.78 Å². The van der Waals surface area contributed by atoms with Gasteiger partial charge in [0.15, 0.2) is 11.9 Å². The van der Waals surface area contributed by atoms with Gasteiger partial charge in [0.2, 0.25) is 11.7 Å². The number of rotatable bonds is 7. The van der Waals surface area contributed by atoms with Crippen LogP contribution < -0.4 is 10.6 Å². The number of carbonyl (C=O) groups is 1. The molecule has 1 amide bonds. The van der Waals surface area contributed by atoms with Crippen LogP contribution >= 0.6 is 11.6 Å². The second-order valence-electron chi connectivity index (χ2n) is 11.8. The monoisotopic (exact) mass is 543 g/mol. The van der Waals surface area contributed by atoms with Gasteiger partial charge < -0.3 is 20.1 Å². The Balaban J connectivity index is 1.04. The first-order valence-electron chi connectivity index (χ1n) is 14.0. The topological polar surface area (TPSA) is 90.9 Å². The van der Waals surface area contributed by atoms with Crippen LogP contribution in [0, 0.1) is 23.7 Å². The van der Waals surface area contributed by atoms with E-state index in [0.717, 1.165) is 55.2 Å². The number of nitrogens with one attached hydrogen (secondary N) is 2. The summed E-state index contributed by atoms with van der Waals surface area (Å²) >= 11 is 6.09. The molecule has 4 saturated heterocycles. The van der Waals surface area contributed by atoms with Gasteiger partial charge >= 0.3 is 0 Å². The minimum absolute atomic E-state index is 0.00434. The molecule has 4 aliphatic heterocycles. The molecule has 8 nitrogen and oxygen atoms in total. The highest BCUT2D eigenvalue weighted by Crippen LogP contribution is 2.60. The Hall–Kier alpha value is -1.97. The van der Waals surface area contributed by atoms with Crippen molar-refractivity contribution >= 4 is 34.1 Å². The standard InChI is InChI=1S/C29H38ClN3O5/c1-17-5-8-22-18(2)25(35-27-29(22)21(17)9-11-28(3,36-27)37-38-29)16-26(34)33-13-4-12-31-23-10-14-32-24-15-19(30)6-7-20(23)24/h6-7,10,14-15,17-18,21-22,25,27H,4-5,8-9,11-13,16H2,1-3H3,(H,31,32)(H,33,34)/t17-,18-,21+,22+,25-,27-,28-,29-/m1/s1. The summed E-state index contributed by atoms with van der Waals surface area (Å²) in [5.41, 5.74) is 1.28. The van der Waals surface area contributed by atoms with Gasteiger partial charge in [-0.25, -0.2) is 9.78 Å². The van der Waals surface area contributed by atoms with Crippen LogP contribution in [0.3, 0.4) is 0 Å². The van der Waals surface area contributed by atoms with Crippen molar-refractivity contribution in [3.63, 3.8) is 0 Å². The minimum atomic E-state index is -0.801. The van der Waals surface area contributed by atoms with Gasteiger partial charge in [-0.05, 0) is 74.6 Å². The summed E-state index contributed by atoms with van der Waals surface area (Å²) in [6.07, 6.45) is 6.13. The molecule has 5 aliphatic rings. The van der Waals surface area contributed by atoms with E-state index in [-0.39, 0.29) is 23.8 Å². The van der Waals surface area contributed by atoms with Gasteiger partial charge in [0, 0.05) is 47.7 Å². The third kappa shape index (κ3) is 4.58. The number of ether oxygens (including phenoxy) is 2. The molecule has 206 valence electrons.